The van der Waals surface area contributed by atoms with Crippen molar-refractivity contribution in [3.8, 4) is 0 Å². The minimum Gasteiger partial charge on any atom is -0.496 e. The first-order valence-electron chi connectivity index (χ1n) is 12.0. The van der Waals surface area contributed by atoms with Crippen LogP contribution < -0.4 is 4.90 Å². The summed E-state index contributed by atoms with van der Waals surface area (Å²) in [4.78, 5) is 16.1. The van der Waals surface area contributed by atoms with Gasteiger partial charge in [0, 0.05) is 24.1 Å². The third kappa shape index (κ3) is 2.44. The Kier molecular flexibility index (Phi) is 4.01. The maximum Gasteiger partial charge on any atom is 0.245 e. The molecule has 4 heterocycles. The summed E-state index contributed by atoms with van der Waals surface area (Å²) in [7, 11) is 0. The van der Waals surface area contributed by atoms with E-state index in [1.165, 1.54) is 6.07 Å². The van der Waals surface area contributed by atoms with Crippen LogP contribution in [0.5, 0.6) is 0 Å². The van der Waals surface area contributed by atoms with Gasteiger partial charge in [-0.3, -0.25) is 4.79 Å². The number of anilines is 1. The number of nitrogens with zero attached hydrogens (tertiary/aromatic N) is 1. The van der Waals surface area contributed by atoms with E-state index in [0.717, 1.165) is 35.6 Å². The predicted molar refractivity (Wildman–Crippen MR) is 125 cm³/mol. The first-order valence-corrected chi connectivity index (χ1v) is 12.0. The van der Waals surface area contributed by atoms with Gasteiger partial charge in [-0.15, -0.1) is 0 Å². The van der Waals surface area contributed by atoms with Crippen molar-refractivity contribution in [2.75, 3.05) is 18.1 Å². The van der Waals surface area contributed by atoms with E-state index in [4.69, 9.17) is 13.9 Å². The summed E-state index contributed by atoms with van der Waals surface area (Å²) >= 11 is 0. The smallest absolute Gasteiger partial charge is 0.245 e. The second-order valence-corrected chi connectivity index (χ2v) is 10.3. The molecule has 0 bridgehead atoms. The second-order valence-electron chi connectivity index (χ2n) is 10.3. The lowest BCUT2D eigenvalue weighted by Crippen LogP contribution is -2.47. The number of fused-ring (bicyclic) bond motifs is 5. The largest absolute Gasteiger partial charge is 0.496 e. The number of amides is 1. The standard InChI is InChI=1S/C28H26FNO4/c1-16-19-10-11-33-27(19,2)13-23-24(16)28(15-32-23)20-7-3-4-9-22(20)30(26(28)31)14-18-12-17-6-5-8-21(29)25(17)34-18/h3-9,12,16,19H,10-11,13-15H2,1-2H3. The Morgan fingerprint density at radius 2 is 2.03 bits per heavy atom. The number of halogens is 1. The number of carbonyl (C=O) groups is 1. The zero-order valence-electron chi connectivity index (χ0n) is 19.3. The molecule has 1 aromatic heterocycles. The van der Waals surface area contributed by atoms with E-state index >= 15 is 0 Å². The molecule has 4 aliphatic rings. The highest BCUT2D eigenvalue weighted by atomic mass is 19.1. The summed E-state index contributed by atoms with van der Waals surface area (Å²) in [6, 6.07) is 14.7. The Hall–Kier alpha value is -3.12. The highest BCUT2D eigenvalue weighted by Gasteiger charge is 2.63. The van der Waals surface area contributed by atoms with Crippen LogP contribution in [0.15, 0.2) is 64.3 Å². The van der Waals surface area contributed by atoms with Crippen molar-refractivity contribution in [3.63, 3.8) is 0 Å². The van der Waals surface area contributed by atoms with Gasteiger partial charge >= 0.3 is 0 Å². The normalized spacial score (nSPS) is 31.9. The van der Waals surface area contributed by atoms with E-state index in [9.17, 15) is 9.18 Å². The minimum absolute atomic E-state index is 0.00833. The molecule has 1 aliphatic carbocycles. The summed E-state index contributed by atoms with van der Waals surface area (Å²) < 4.78 is 32.5. The summed E-state index contributed by atoms with van der Waals surface area (Å²) in [5.41, 5.74) is 2.14. The summed E-state index contributed by atoms with van der Waals surface area (Å²) in [5.74, 6) is 1.62. The summed E-state index contributed by atoms with van der Waals surface area (Å²) in [6.07, 6.45) is 1.70. The molecular weight excluding hydrogens is 433 g/mol. The molecule has 5 nitrogen and oxygen atoms in total. The van der Waals surface area contributed by atoms with Crippen LogP contribution in [0.25, 0.3) is 11.0 Å². The van der Waals surface area contributed by atoms with Crippen LogP contribution in [-0.4, -0.2) is 24.7 Å². The average molecular weight is 460 g/mol. The van der Waals surface area contributed by atoms with Crippen molar-refractivity contribution in [1.82, 2.24) is 0 Å². The van der Waals surface area contributed by atoms with Gasteiger partial charge in [0.15, 0.2) is 11.4 Å². The quantitative estimate of drug-likeness (QED) is 0.510. The molecule has 1 fully saturated rings. The molecular formula is C28H26FNO4. The molecule has 1 amide bonds. The van der Waals surface area contributed by atoms with Crippen LogP contribution >= 0.6 is 0 Å². The Labute approximate surface area is 197 Å². The van der Waals surface area contributed by atoms with Gasteiger partial charge in [0.25, 0.3) is 0 Å². The number of hydrogen-bond acceptors (Lipinski definition) is 4. The monoisotopic (exact) mass is 459 g/mol. The number of ether oxygens (including phenoxy) is 2. The average Bonchev–Trinajstić information content (AvgIpc) is 3.56. The van der Waals surface area contributed by atoms with Gasteiger partial charge in [-0.25, -0.2) is 4.39 Å². The predicted octanol–water partition coefficient (Wildman–Crippen LogP) is 5.48. The van der Waals surface area contributed by atoms with Crippen molar-refractivity contribution in [2.24, 2.45) is 11.8 Å². The molecule has 4 unspecified atom stereocenters. The zero-order valence-corrected chi connectivity index (χ0v) is 19.3. The second kappa shape index (κ2) is 6.72. The fourth-order valence-corrected chi connectivity index (χ4v) is 7.09. The van der Waals surface area contributed by atoms with Crippen molar-refractivity contribution < 1.29 is 23.1 Å². The molecule has 6 heteroatoms. The highest BCUT2D eigenvalue weighted by Crippen LogP contribution is 2.60. The molecule has 7 rings (SSSR count). The summed E-state index contributed by atoms with van der Waals surface area (Å²) in [5, 5.41) is 0.695. The number of para-hydroxylation sites is 2. The summed E-state index contributed by atoms with van der Waals surface area (Å²) in [6.45, 7) is 5.71. The Morgan fingerprint density at radius 1 is 1.18 bits per heavy atom. The number of furan rings is 1. The van der Waals surface area contributed by atoms with Gasteiger partial charge in [0.05, 0.1) is 17.9 Å². The SMILES string of the molecule is CC1C2=C(CC3(C)OCCC13)OCC21C(=O)N(Cc2cc3cccc(F)c3o2)c2ccccc21. The molecule has 1 spiro atoms. The van der Waals surface area contributed by atoms with E-state index in [1.54, 1.807) is 11.0 Å². The zero-order chi connectivity index (χ0) is 23.2. The molecule has 174 valence electrons. The van der Waals surface area contributed by atoms with E-state index in [1.807, 2.05) is 30.3 Å². The van der Waals surface area contributed by atoms with Crippen LogP contribution in [0.2, 0.25) is 0 Å². The Morgan fingerprint density at radius 3 is 2.88 bits per heavy atom. The van der Waals surface area contributed by atoms with Gasteiger partial charge in [0.1, 0.15) is 17.8 Å². The van der Waals surface area contributed by atoms with Gasteiger partial charge < -0.3 is 18.8 Å². The Balaban J connectivity index is 1.33. The third-order valence-corrected chi connectivity index (χ3v) is 8.56. The molecule has 0 saturated carbocycles. The molecule has 0 radical (unpaired) electrons. The van der Waals surface area contributed by atoms with Crippen LogP contribution in [0, 0.1) is 17.7 Å². The van der Waals surface area contributed by atoms with E-state index < -0.39 is 11.2 Å². The Bertz CT molecular complexity index is 1390. The molecule has 2 aromatic carbocycles. The van der Waals surface area contributed by atoms with Crippen molar-refractivity contribution in [3.05, 3.63) is 77.0 Å². The number of rotatable bonds is 2. The number of hydrogen-bond donors (Lipinski definition) is 0. The third-order valence-electron chi connectivity index (χ3n) is 8.56. The molecule has 3 aromatic rings. The highest BCUT2D eigenvalue weighted by molar-refractivity contribution is 6.11. The fraction of sp³-hybridized carbons (Fsp3) is 0.393. The van der Waals surface area contributed by atoms with Crippen molar-refractivity contribution >= 4 is 22.6 Å². The molecule has 3 aliphatic heterocycles. The maximum atomic E-state index is 14.3. The molecule has 1 saturated heterocycles. The lowest BCUT2D eigenvalue weighted by Gasteiger charge is -2.41. The lowest BCUT2D eigenvalue weighted by molar-refractivity contribution is -0.123. The van der Waals surface area contributed by atoms with Crippen LogP contribution in [0.4, 0.5) is 10.1 Å². The van der Waals surface area contributed by atoms with E-state index in [-0.39, 0.29) is 29.6 Å². The van der Waals surface area contributed by atoms with Gasteiger partial charge in [-0.2, -0.15) is 0 Å². The van der Waals surface area contributed by atoms with Gasteiger partial charge in [-0.05, 0) is 54.5 Å². The van der Waals surface area contributed by atoms with E-state index in [2.05, 4.69) is 19.9 Å². The van der Waals surface area contributed by atoms with Crippen LogP contribution in [0.3, 0.4) is 0 Å². The van der Waals surface area contributed by atoms with Crippen LogP contribution in [0.1, 0.15) is 38.0 Å². The molecule has 4 atom stereocenters. The van der Waals surface area contributed by atoms with Gasteiger partial charge in [-0.1, -0.05) is 37.3 Å². The van der Waals surface area contributed by atoms with Crippen molar-refractivity contribution in [2.45, 2.75) is 44.2 Å². The lowest BCUT2D eigenvalue weighted by atomic mass is 9.62. The fourth-order valence-electron chi connectivity index (χ4n) is 7.09. The maximum absolute atomic E-state index is 14.3. The number of carbonyl (C=O) groups excluding carboxylic acids is 1. The molecule has 34 heavy (non-hydrogen) atoms. The minimum atomic E-state index is -0.827. The topological polar surface area (TPSA) is 51.9 Å². The van der Waals surface area contributed by atoms with E-state index in [0.29, 0.717) is 30.1 Å². The van der Waals surface area contributed by atoms with Crippen LogP contribution in [-0.2, 0) is 26.2 Å². The first-order chi connectivity index (χ1) is 16.4. The molecule has 0 N–H and O–H groups in total. The van der Waals surface area contributed by atoms with Crippen molar-refractivity contribution in [1.29, 1.82) is 0 Å². The number of benzene rings is 2. The first kappa shape index (κ1) is 20.3. The van der Waals surface area contributed by atoms with Gasteiger partial charge in [0.2, 0.25) is 5.91 Å².